The maximum Gasteiger partial charge on any atom is 0.338 e. The number of hydrogen-bond donors (Lipinski definition) is 0. The Kier molecular flexibility index (Phi) is 5.97. The van der Waals surface area contributed by atoms with E-state index in [1.807, 2.05) is 30.3 Å². The molecule has 160 valence electrons. The summed E-state index contributed by atoms with van der Waals surface area (Å²) in [7, 11) is 0. The number of para-hydroxylation sites is 1. The minimum Gasteiger partial charge on any atom is -0.452 e. The highest BCUT2D eigenvalue weighted by molar-refractivity contribution is 6.19. The molecule has 2 aromatic rings. The van der Waals surface area contributed by atoms with Crippen LogP contribution in [-0.4, -0.2) is 61.4 Å². The van der Waals surface area contributed by atoms with Gasteiger partial charge in [-0.15, -0.1) is 0 Å². The van der Waals surface area contributed by atoms with Gasteiger partial charge in [0.25, 0.3) is 5.91 Å². The standard InChI is InChI=1S/C23H23N3O5/c27-20-10-11-21(28)26(20)19-8-6-17(7-9-19)23(30)31-16-22(29)25-14-12-24(13-15-25)18-4-2-1-3-5-18/h1-9H,10-16H2. The van der Waals surface area contributed by atoms with E-state index >= 15 is 0 Å². The molecule has 0 unspecified atom stereocenters. The molecule has 31 heavy (non-hydrogen) atoms. The van der Waals surface area contributed by atoms with Gasteiger partial charge < -0.3 is 14.5 Å². The van der Waals surface area contributed by atoms with Crippen molar-refractivity contribution in [1.82, 2.24) is 4.90 Å². The zero-order valence-electron chi connectivity index (χ0n) is 17.0. The van der Waals surface area contributed by atoms with Crippen LogP contribution in [0.2, 0.25) is 0 Å². The quantitative estimate of drug-likeness (QED) is 0.541. The topological polar surface area (TPSA) is 87.2 Å². The highest BCUT2D eigenvalue weighted by atomic mass is 16.5. The molecule has 8 nitrogen and oxygen atoms in total. The van der Waals surface area contributed by atoms with Gasteiger partial charge in [-0.25, -0.2) is 4.79 Å². The Labute approximate surface area is 180 Å². The number of benzene rings is 2. The smallest absolute Gasteiger partial charge is 0.338 e. The third-order valence-electron chi connectivity index (χ3n) is 5.49. The molecule has 3 amide bonds. The zero-order chi connectivity index (χ0) is 21.8. The van der Waals surface area contributed by atoms with E-state index in [9.17, 15) is 19.2 Å². The molecule has 0 atom stereocenters. The van der Waals surface area contributed by atoms with Crippen molar-refractivity contribution in [2.45, 2.75) is 12.8 Å². The molecule has 2 aliphatic rings. The normalized spacial score (nSPS) is 16.6. The second-order valence-corrected chi connectivity index (χ2v) is 7.45. The van der Waals surface area contributed by atoms with Gasteiger partial charge in [-0.1, -0.05) is 18.2 Å². The first kappa shape index (κ1) is 20.6. The molecule has 2 heterocycles. The van der Waals surface area contributed by atoms with Crippen LogP contribution < -0.4 is 9.80 Å². The minimum absolute atomic E-state index is 0.199. The van der Waals surface area contributed by atoms with E-state index in [-0.39, 0.29) is 42.7 Å². The lowest BCUT2D eigenvalue weighted by molar-refractivity contribution is -0.134. The molecule has 0 bridgehead atoms. The number of imide groups is 1. The first-order valence-electron chi connectivity index (χ1n) is 10.2. The van der Waals surface area contributed by atoms with E-state index in [2.05, 4.69) is 4.90 Å². The Morgan fingerprint density at radius 3 is 2.00 bits per heavy atom. The van der Waals surface area contributed by atoms with Crippen LogP contribution in [0.1, 0.15) is 23.2 Å². The van der Waals surface area contributed by atoms with Crippen molar-refractivity contribution in [1.29, 1.82) is 0 Å². The summed E-state index contributed by atoms with van der Waals surface area (Å²) in [6.45, 7) is 2.25. The molecule has 4 rings (SSSR count). The van der Waals surface area contributed by atoms with Crippen molar-refractivity contribution in [2.24, 2.45) is 0 Å². The fourth-order valence-electron chi connectivity index (χ4n) is 3.77. The number of esters is 1. The average Bonchev–Trinajstić information content (AvgIpc) is 3.16. The van der Waals surface area contributed by atoms with E-state index in [4.69, 9.17) is 4.74 Å². The third kappa shape index (κ3) is 4.58. The summed E-state index contributed by atoms with van der Waals surface area (Å²) in [6.07, 6.45) is 0.398. The van der Waals surface area contributed by atoms with Gasteiger partial charge in [0.2, 0.25) is 11.8 Å². The summed E-state index contributed by atoms with van der Waals surface area (Å²) in [5, 5.41) is 0. The van der Waals surface area contributed by atoms with Gasteiger partial charge in [-0.2, -0.15) is 0 Å². The molecule has 2 aromatic carbocycles. The van der Waals surface area contributed by atoms with Crippen LogP contribution in [-0.2, 0) is 19.1 Å². The van der Waals surface area contributed by atoms with E-state index in [0.717, 1.165) is 23.7 Å². The summed E-state index contributed by atoms with van der Waals surface area (Å²) in [6, 6.07) is 16.1. The zero-order valence-corrected chi connectivity index (χ0v) is 17.0. The number of rotatable bonds is 5. The van der Waals surface area contributed by atoms with E-state index < -0.39 is 5.97 Å². The molecular weight excluding hydrogens is 398 g/mol. The van der Waals surface area contributed by atoms with Gasteiger partial charge >= 0.3 is 5.97 Å². The van der Waals surface area contributed by atoms with E-state index in [1.54, 1.807) is 4.90 Å². The summed E-state index contributed by atoms with van der Waals surface area (Å²) >= 11 is 0. The van der Waals surface area contributed by atoms with Crippen LogP contribution in [0.3, 0.4) is 0 Å². The largest absolute Gasteiger partial charge is 0.452 e. The van der Waals surface area contributed by atoms with Crippen molar-refractivity contribution < 1.29 is 23.9 Å². The van der Waals surface area contributed by atoms with Crippen LogP contribution in [0.25, 0.3) is 0 Å². The Morgan fingerprint density at radius 1 is 0.774 bits per heavy atom. The maximum atomic E-state index is 12.4. The number of ether oxygens (including phenoxy) is 1. The molecule has 0 aromatic heterocycles. The second-order valence-electron chi connectivity index (χ2n) is 7.45. The number of piperazine rings is 1. The van der Waals surface area contributed by atoms with Gasteiger partial charge in [0, 0.05) is 44.7 Å². The average molecular weight is 421 g/mol. The van der Waals surface area contributed by atoms with Crippen molar-refractivity contribution in [3.63, 3.8) is 0 Å². The van der Waals surface area contributed by atoms with Crippen LogP contribution in [0.4, 0.5) is 11.4 Å². The lowest BCUT2D eigenvalue weighted by atomic mass is 10.2. The summed E-state index contributed by atoms with van der Waals surface area (Å²) in [4.78, 5) is 53.3. The molecular formula is C23H23N3O5. The molecule has 2 fully saturated rings. The van der Waals surface area contributed by atoms with Gasteiger partial charge in [-0.3, -0.25) is 19.3 Å². The highest BCUT2D eigenvalue weighted by Crippen LogP contribution is 2.23. The lowest BCUT2D eigenvalue weighted by Gasteiger charge is -2.36. The van der Waals surface area contributed by atoms with Crippen LogP contribution >= 0.6 is 0 Å². The number of carbonyl (C=O) groups excluding carboxylic acids is 4. The van der Waals surface area contributed by atoms with E-state index in [1.165, 1.54) is 24.3 Å². The van der Waals surface area contributed by atoms with Gasteiger partial charge in [0.15, 0.2) is 6.61 Å². The maximum absolute atomic E-state index is 12.4. The highest BCUT2D eigenvalue weighted by Gasteiger charge is 2.30. The molecule has 8 heteroatoms. The van der Waals surface area contributed by atoms with Crippen LogP contribution in [0.15, 0.2) is 54.6 Å². The molecule has 0 saturated carbocycles. The van der Waals surface area contributed by atoms with Gasteiger partial charge in [-0.05, 0) is 36.4 Å². The number of nitrogens with zero attached hydrogens (tertiary/aromatic N) is 3. The third-order valence-corrected chi connectivity index (χ3v) is 5.49. The first-order valence-corrected chi connectivity index (χ1v) is 10.2. The summed E-state index contributed by atoms with van der Waals surface area (Å²) < 4.78 is 5.17. The van der Waals surface area contributed by atoms with Gasteiger partial charge in [0.05, 0.1) is 11.3 Å². The summed E-state index contributed by atoms with van der Waals surface area (Å²) in [5.74, 6) is -1.36. The predicted molar refractivity (Wildman–Crippen MR) is 114 cm³/mol. The van der Waals surface area contributed by atoms with Crippen LogP contribution in [0, 0.1) is 0 Å². The van der Waals surface area contributed by atoms with Crippen molar-refractivity contribution in [2.75, 3.05) is 42.6 Å². The first-order chi connectivity index (χ1) is 15.0. The number of carbonyl (C=O) groups is 4. The Bertz CT molecular complexity index is 966. The lowest BCUT2D eigenvalue weighted by Crippen LogP contribution is -2.49. The van der Waals surface area contributed by atoms with Crippen LogP contribution in [0.5, 0.6) is 0 Å². The van der Waals surface area contributed by atoms with Crippen molar-refractivity contribution in [3.8, 4) is 0 Å². The fourth-order valence-corrected chi connectivity index (χ4v) is 3.77. The Balaban J connectivity index is 1.26. The Hall–Kier alpha value is -3.68. The second kappa shape index (κ2) is 8.99. The molecule has 0 aliphatic carbocycles. The molecule has 0 spiro atoms. The Morgan fingerprint density at radius 2 is 1.39 bits per heavy atom. The van der Waals surface area contributed by atoms with E-state index in [0.29, 0.717) is 18.8 Å². The summed E-state index contributed by atoms with van der Waals surface area (Å²) in [5.41, 5.74) is 1.81. The molecule has 2 aliphatic heterocycles. The fraction of sp³-hybridized carbons (Fsp3) is 0.304. The molecule has 2 saturated heterocycles. The SMILES string of the molecule is O=C(OCC(=O)N1CCN(c2ccccc2)CC1)c1ccc(N2C(=O)CCC2=O)cc1. The van der Waals surface area contributed by atoms with Gasteiger partial charge in [0.1, 0.15) is 0 Å². The van der Waals surface area contributed by atoms with Crippen molar-refractivity contribution in [3.05, 3.63) is 60.2 Å². The number of amides is 3. The predicted octanol–water partition coefficient (Wildman–Crippen LogP) is 1.85. The number of anilines is 2. The minimum atomic E-state index is -0.623. The molecule has 0 N–H and O–H groups in total. The number of hydrogen-bond acceptors (Lipinski definition) is 6. The molecule has 0 radical (unpaired) electrons. The monoisotopic (exact) mass is 421 g/mol. The van der Waals surface area contributed by atoms with Crippen molar-refractivity contribution >= 4 is 35.1 Å².